The third kappa shape index (κ3) is 6.47. The van der Waals surface area contributed by atoms with Crippen molar-refractivity contribution in [1.82, 2.24) is 10.3 Å². The molecule has 0 radical (unpaired) electrons. The number of nitrogens with zero attached hydrogens (tertiary/aromatic N) is 1. The van der Waals surface area contributed by atoms with E-state index >= 15 is 0 Å². The van der Waals surface area contributed by atoms with Crippen LogP contribution in [0, 0.1) is 12.8 Å². The van der Waals surface area contributed by atoms with Gasteiger partial charge in [0.15, 0.2) is 0 Å². The van der Waals surface area contributed by atoms with Crippen LogP contribution in [0.4, 0.5) is 5.69 Å². The van der Waals surface area contributed by atoms with Gasteiger partial charge in [0, 0.05) is 47.9 Å². The van der Waals surface area contributed by atoms with Gasteiger partial charge in [0.2, 0.25) is 0 Å². The Kier molecular flexibility index (Phi) is 7.74. The smallest absolute Gasteiger partial charge is 0.255 e. The maximum Gasteiger partial charge on any atom is 0.255 e. The van der Waals surface area contributed by atoms with Crippen molar-refractivity contribution in [3.63, 3.8) is 0 Å². The van der Waals surface area contributed by atoms with Gasteiger partial charge >= 0.3 is 0 Å². The minimum absolute atomic E-state index is 0.162. The van der Waals surface area contributed by atoms with Crippen molar-refractivity contribution in [2.24, 2.45) is 5.92 Å². The Balaban J connectivity index is 1.18. The van der Waals surface area contributed by atoms with E-state index in [1.165, 1.54) is 0 Å². The Labute approximate surface area is 218 Å². The minimum Gasteiger partial charge on any atom is -0.493 e. The topological polar surface area (TPSA) is 92.7 Å². The van der Waals surface area contributed by atoms with Crippen LogP contribution in [0.1, 0.15) is 60.5 Å². The molecule has 7 heteroatoms. The van der Waals surface area contributed by atoms with Crippen LogP contribution in [0.25, 0.3) is 10.9 Å². The molecule has 1 aromatic heterocycles. The number of aromatic nitrogens is 1. The molecule has 1 aliphatic carbocycles. The molecule has 1 saturated heterocycles. The predicted octanol–water partition coefficient (Wildman–Crippen LogP) is 4.99. The highest BCUT2D eigenvalue weighted by molar-refractivity contribution is 6.06. The molecule has 1 aliphatic heterocycles. The summed E-state index contributed by atoms with van der Waals surface area (Å²) in [5.74, 6) is 1.04. The van der Waals surface area contributed by atoms with Gasteiger partial charge in [-0.2, -0.15) is 0 Å². The highest BCUT2D eigenvalue weighted by Gasteiger charge is 2.28. The van der Waals surface area contributed by atoms with E-state index in [9.17, 15) is 9.90 Å². The van der Waals surface area contributed by atoms with E-state index in [0.717, 1.165) is 85.3 Å². The summed E-state index contributed by atoms with van der Waals surface area (Å²) >= 11 is 0. The maximum atomic E-state index is 12.9. The first-order valence-corrected chi connectivity index (χ1v) is 13.3. The van der Waals surface area contributed by atoms with Gasteiger partial charge in [0.25, 0.3) is 5.91 Å². The number of ether oxygens (including phenoxy) is 2. The lowest BCUT2D eigenvalue weighted by molar-refractivity contribution is 0.0140. The van der Waals surface area contributed by atoms with E-state index in [4.69, 9.17) is 14.5 Å². The second-order valence-corrected chi connectivity index (χ2v) is 10.8. The average molecular weight is 504 g/mol. The summed E-state index contributed by atoms with van der Waals surface area (Å²) in [6, 6.07) is 13.8. The van der Waals surface area contributed by atoms with E-state index in [-0.39, 0.29) is 5.91 Å². The van der Waals surface area contributed by atoms with Crippen LogP contribution in [0.3, 0.4) is 0 Å². The first-order chi connectivity index (χ1) is 17.9. The van der Waals surface area contributed by atoms with Crippen molar-refractivity contribution in [3.05, 3.63) is 65.4 Å². The summed E-state index contributed by atoms with van der Waals surface area (Å²) in [6.45, 7) is 6.86. The Morgan fingerprint density at radius 3 is 2.68 bits per heavy atom. The SMILES string of the molecule is Cc1c(NC(=O)c2ccc(OCC3CCOC3)cc2)ccc2cc(CN[C@H]3CC[C@@](C)(O)CC3)cnc12. The quantitative estimate of drug-likeness (QED) is 0.401. The molecule has 0 bridgehead atoms. The summed E-state index contributed by atoms with van der Waals surface area (Å²) in [5.41, 5.74) is 3.77. The molecular weight excluding hydrogens is 466 g/mol. The molecule has 2 heterocycles. The second-order valence-electron chi connectivity index (χ2n) is 10.8. The van der Waals surface area contributed by atoms with E-state index in [1.54, 1.807) is 12.1 Å². The van der Waals surface area contributed by atoms with Crippen molar-refractivity contribution < 1.29 is 19.4 Å². The highest BCUT2D eigenvalue weighted by Crippen LogP contribution is 2.29. The lowest BCUT2D eigenvalue weighted by atomic mass is 9.83. The largest absolute Gasteiger partial charge is 0.493 e. The zero-order valence-electron chi connectivity index (χ0n) is 21.8. The number of benzene rings is 2. The average Bonchev–Trinajstić information content (AvgIpc) is 3.42. The summed E-state index contributed by atoms with van der Waals surface area (Å²) < 4.78 is 11.2. The number of fused-ring (bicyclic) bond motifs is 1. The van der Waals surface area contributed by atoms with Crippen molar-refractivity contribution in [2.75, 3.05) is 25.1 Å². The number of carbonyl (C=O) groups excluding carboxylic acids is 1. The summed E-state index contributed by atoms with van der Waals surface area (Å²) in [7, 11) is 0. The summed E-state index contributed by atoms with van der Waals surface area (Å²) in [6.07, 6.45) is 6.59. The van der Waals surface area contributed by atoms with Crippen molar-refractivity contribution in [3.8, 4) is 5.75 Å². The van der Waals surface area contributed by atoms with Gasteiger partial charge in [-0.05, 0) is 93.5 Å². The summed E-state index contributed by atoms with van der Waals surface area (Å²) in [5, 5.41) is 17.9. The van der Waals surface area contributed by atoms with Gasteiger partial charge in [-0.25, -0.2) is 0 Å². The monoisotopic (exact) mass is 503 g/mol. The van der Waals surface area contributed by atoms with Gasteiger partial charge in [-0.3, -0.25) is 9.78 Å². The van der Waals surface area contributed by atoms with Gasteiger partial charge in [-0.15, -0.1) is 0 Å². The summed E-state index contributed by atoms with van der Waals surface area (Å²) in [4.78, 5) is 17.6. The van der Waals surface area contributed by atoms with E-state index in [1.807, 2.05) is 44.3 Å². The molecular formula is C30H37N3O4. The molecule has 1 atom stereocenters. The number of hydrogen-bond donors (Lipinski definition) is 3. The first kappa shape index (κ1) is 25.6. The zero-order valence-corrected chi connectivity index (χ0v) is 21.8. The lowest BCUT2D eigenvalue weighted by Crippen LogP contribution is -2.39. The zero-order chi connectivity index (χ0) is 25.8. The minimum atomic E-state index is -0.518. The molecule has 2 aromatic carbocycles. The van der Waals surface area contributed by atoms with Crippen molar-refractivity contribution >= 4 is 22.5 Å². The Morgan fingerprint density at radius 2 is 1.95 bits per heavy atom. The number of aliphatic hydroxyl groups is 1. The molecule has 1 amide bonds. The molecule has 2 fully saturated rings. The molecule has 0 spiro atoms. The molecule has 5 rings (SSSR count). The number of amides is 1. The van der Waals surface area contributed by atoms with Gasteiger partial charge in [0.05, 0.1) is 24.3 Å². The van der Waals surface area contributed by atoms with Crippen LogP contribution in [0.5, 0.6) is 5.75 Å². The third-order valence-corrected chi connectivity index (χ3v) is 7.69. The van der Waals surface area contributed by atoms with Gasteiger partial charge < -0.3 is 25.2 Å². The Morgan fingerprint density at radius 1 is 1.16 bits per heavy atom. The van der Waals surface area contributed by atoms with Gasteiger partial charge in [0.1, 0.15) is 5.75 Å². The van der Waals surface area contributed by atoms with Crippen LogP contribution in [-0.4, -0.2) is 47.5 Å². The fourth-order valence-corrected chi connectivity index (χ4v) is 5.16. The predicted molar refractivity (Wildman–Crippen MR) is 145 cm³/mol. The van der Waals surface area contributed by atoms with Crippen molar-refractivity contribution in [1.29, 1.82) is 0 Å². The molecule has 7 nitrogen and oxygen atoms in total. The van der Waals surface area contributed by atoms with Crippen LogP contribution >= 0.6 is 0 Å². The number of anilines is 1. The first-order valence-electron chi connectivity index (χ1n) is 13.3. The number of aryl methyl sites for hydroxylation is 1. The van der Waals surface area contributed by atoms with Crippen LogP contribution < -0.4 is 15.4 Å². The second kappa shape index (κ2) is 11.2. The number of pyridine rings is 1. The molecule has 3 N–H and O–H groups in total. The fraction of sp³-hybridized carbons (Fsp3) is 0.467. The molecule has 1 saturated carbocycles. The molecule has 37 heavy (non-hydrogen) atoms. The Hall–Kier alpha value is -3.00. The van der Waals surface area contributed by atoms with Crippen LogP contribution in [0.15, 0.2) is 48.7 Å². The van der Waals surface area contributed by atoms with E-state index < -0.39 is 5.60 Å². The highest BCUT2D eigenvalue weighted by atomic mass is 16.5. The molecule has 3 aromatic rings. The van der Waals surface area contributed by atoms with Gasteiger partial charge in [-0.1, -0.05) is 6.07 Å². The molecule has 196 valence electrons. The third-order valence-electron chi connectivity index (χ3n) is 7.69. The van der Waals surface area contributed by atoms with E-state index in [0.29, 0.717) is 24.1 Å². The molecule has 2 aliphatic rings. The molecule has 1 unspecified atom stereocenters. The van der Waals surface area contributed by atoms with Crippen molar-refractivity contribution in [2.45, 2.75) is 64.1 Å². The number of hydrogen-bond acceptors (Lipinski definition) is 6. The van der Waals surface area contributed by atoms with E-state index in [2.05, 4.69) is 16.7 Å². The fourth-order valence-electron chi connectivity index (χ4n) is 5.16. The van der Waals surface area contributed by atoms with Crippen LogP contribution in [0.2, 0.25) is 0 Å². The standard InChI is InChI=1S/C30H37N3O4/c1-20-27(33-29(34)23-3-6-26(7-4-23)37-19-21-11-14-36-18-21)8-5-24-15-22(17-32-28(20)24)16-31-25-9-12-30(2,35)13-10-25/h3-8,15,17,21,25,31,35H,9-14,16,18-19H2,1-2H3,(H,33,34)/t21?,25-,30+. The lowest BCUT2D eigenvalue weighted by Gasteiger charge is -2.33. The Bertz CT molecular complexity index is 1230. The number of nitrogens with one attached hydrogen (secondary N) is 2. The normalized spacial score (nSPS) is 23.8. The van der Waals surface area contributed by atoms with Crippen LogP contribution in [-0.2, 0) is 11.3 Å². The maximum absolute atomic E-state index is 12.9. The number of carbonyl (C=O) groups is 1. The number of rotatable bonds is 8.